The Morgan fingerprint density at radius 1 is 1.24 bits per heavy atom. The van der Waals surface area contributed by atoms with Crippen molar-refractivity contribution in [1.29, 1.82) is 0 Å². The Bertz CT molecular complexity index is 518. The van der Waals surface area contributed by atoms with E-state index in [-0.39, 0.29) is 24.0 Å². The molecule has 0 aromatic heterocycles. The normalized spacial score (nSPS) is 15.5. The van der Waals surface area contributed by atoms with Gasteiger partial charge in [-0.15, -0.1) is 24.0 Å². The van der Waals surface area contributed by atoms with E-state index in [1.54, 1.807) is 0 Å². The average molecular weight is 462 g/mol. The van der Waals surface area contributed by atoms with E-state index in [9.17, 15) is 0 Å². The zero-order valence-corrected chi connectivity index (χ0v) is 17.6. The van der Waals surface area contributed by atoms with Crippen molar-refractivity contribution in [2.75, 3.05) is 52.5 Å². The molecule has 0 aliphatic carbocycles. The highest BCUT2D eigenvalue weighted by atomic mass is 127. The first kappa shape index (κ1) is 22.0. The van der Waals surface area contributed by atoms with Crippen LogP contribution < -0.4 is 10.5 Å². The van der Waals surface area contributed by atoms with Gasteiger partial charge in [-0.3, -0.25) is 4.90 Å². The molecule has 7 heteroatoms. The fourth-order valence-electron chi connectivity index (χ4n) is 2.70. The van der Waals surface area contributed by atoms with Crippen molar-refractivity contribution in [1.82, 2.24) is 9.80 Å². The third-order valence-electron chi connectivity index (χ3n) is 4.24. The molecule has 1 aliphatic rings. The molecule has 1 fully saturated rings. The molecular formula is C18H31IN4O2. The van der Waals surface area contributed by atoms with Gasteiger partial charge in [0.1, 0.15) is 12.4 Å². The summed E-state index contributed by atoms with van der Waals surface area (Å²) in [6.07, 6.45) is 0. The highest BCUT2D eigenvalue weighted by molar-refractivity contribution is 14.0. The molecule has 0 saturated carbocycles. The highest BCUT2D eigenvalue weighted by Gasteiger charge is 2.10. The molecule has 0 amide bonds. The van der Waals surface area contributed by atoms with E-state index in [0.29, 0.717) is 19.1 Å². The third-order valence-corrected chi connectivity index (χ3v) is 4.24. The van der Waals surface area contributed by atoms with E-state index >= 15 is 0 Å². The first-order valence-corrected chi connectivity index (χ1v) is 8.80. The molecule has 2 rings (SSSR count). The van der Waals surface area contributed by atoms with Gasteiger partial charge >= 0.3 is 0 Å². The molecule has 1 heterocycles. The number of hydrogen-bond acceptors (Lipinski definition) is 4. The van der Waals surface area contributed by atoms with E-state index in [0.717, 1.165) is 57.3 Å². The van der Waals surface area contributed by atoms with Crippen LogP contribution in [-0.4, -0.2) is 68.3 Å². The summed E-state index contributed by atoms with van der Waals surface area (Å²) in [6, 6.07) is 8.04. The Morgan fingerprint density at radius 2 is 1.92 bits per heavy atom. The van der Waals surface area contributed by atoms with E-state index in [1.165, 1.54) is 0 Å². The number of nitrogens with two attached hydrogens (primary N) is 1. The van der Waals surface area contributed by atoms with Crippen LogP contribution in [0.5, 0.6) is 5.75 Å². The smallest absolute Gasteiger partial charge is 0.191 e. The maximum absolute atomic E-state index is 6.05. The number of aliphatic imine (C=N–C) groups is 1. The van der Waals surface area contributed by atoms with E-state index in [1.807, 2.05) is 29.2 Å². The van der Waals surface area contributed by atoms with Crippen LogP contribution in [0.15, 0.2) is 29.3 Å². The molecule has 6 nitrogen and oxygen atoms in total. The van der Waals surface area contributed by atoms with Crippen LogP contribution >= 0.6 is 24.0 Å². The van der Waals surface area contributed by atoms with Gasteiger partial charge in [-0.2, -0.15) is 0 Å². The fraction of sp³-hybridized carbons (Fsp3) is 0.611. The van der Waals surface area contributed by atoms with Gasteiger partial charge in [0.15, 0.2) is 5.96 Å². The molecular weight excluding hydrogens is 431 g/mol. The second-order valence-electron chi connectivity index (χ2n) is 5.76. The summed E-state index contributed by atoms with van der Waals surface area (Å²) in [5.74, 6) is 1.48. The van der Waals surface area contributed by atoms with Crippen LogP contribution in [0.2, 0.25) is 0 Å². The van der Waals surface area contributed by atoms with Crippen molar-refractivity contribution in [3.05, 3.63) is 29.8 Å². The zero-order chi connectivity index (χ0) is 17.2. The minimum atomic E-state index is 0. The van der Waals surface area contributed by atoms with Gasteiger partial charge in [-0.25, -0.2) is 4.99 Å². The van der Waals surface area contributed by atoms with Crippen LogP contribution in [-0.2, 0) is 11.3 Å². The first-order valence-electron chi connectivity index (χ1n) is 8.80. The SMILES string of the molecule is CCN(CC)C(N)=NCc1ccccc1OCCN1CCOCC1.I. The summed E-state index contributed by atoms with van der Waals surface area (Å²) >= 11 is 0. The minimum absolute atomic E-state index is 0. The Hall–Kier alpha value is -1.06. The number of ether oxygens (including phenoxy) is 2. The Kier molecular flexibility index (Phi) is 10.8. The summed E-state index contributed by atoms with van der Waals surface area (Å²) in [4.78, 5) is 8.92. The lowest BCUT2D eigenvalue weighted by atomic mass is 10.2. The molecule has 0 spiro atoms. The third kappa shape index (κ3) is 7.37. The van der Waals surface area contributed by atoms with Crippen molar-refractivity contribution >= 4 is 29.9 Å². The quantitative estimate of drug-likeness (QED) is 0.365. The van der Waals surface area contributed by atoms with Crippen LogP contribution in [0, 0.1) is 0 Å². The standard InChI is InChI=1S/C18H30N4O2.HI/c1-3-22(4-2)18(19)20-15-16-7-5-6-8-17(16)24-14-11-21-9-12-23-13-10-21;/h5-8H,3-4,9-15H2,1-2H3,(H2,19,20);1H. The van der Waals surface area contributed by atoms with Crippen LogP contribution in [0.3, 0.4) is 0 Å². The molecule has 1 aromatic rings. The van der Waals surface area contributed by atoms with E-state index in [4.69, 9.17) is 15.2 Å². The number of halogens is 1. The lowest BCUT2D eigenvalue weighted by Gasteiger charge is -2.26. The van der Waals surface area contributed by atoms with Crippen molar-refractivity contribution in [2.45, 2.75) is 20.4 Å². The monoisotopic (exact) mass is 462 g/mol. The van der Waals surface area contributed by atoms with E-state index < -0.39 is 0 Å². The van der Waals surface area contributed by atoms with Crippen molar-refractivity contribution in [3.63, 3.8) is 0 Å². The van der Waals surface area contributed by atoms with Gasteiger partial charge < -0.3 is 20.1 Å². The molecule has 25 heavy (non-hydrogen) atoms. The Morgan fingerprint density at radius 3 is 2.60 bits per heavy atom. The van der Waals surface area contributed by atoms with Crippen molar-refractivity contribution in [2.24, 2.45) is 10.7 Å². The summed E-state index contributed by atoms with van der Waals surface area (Å²) in [5, 5.41) is 0. The van der Waals surface area contributed by atoms with Gasteiger partial charge in [-0.05, 0) is 19.9 Å². The number of guanidine groups is 1. The first-order chi connectivity index (χ1) is 11.7. The predicted octanol–water partition coefficient (Wildman–Crippen LogP) is 2.17. The minimum Gasteiger partial charge on any atom is -0.492 e. The average Bonchev–Trinajstić information content (AvgIpc) is 2.63. The predicted molar refractivity (Wildman–Crippen MR) is 113 cm³/mol. The molecule has 2 N–H and O–H groups in total. The summed E-state index contributed by atoms with van der Waals surface area (Å²) in [6.45, 7) is 11.6. The molecule has 1 aromatic carbocycles. The lowest BCUT2D eigenvalue weighted by Crippen LogP contribution is -2.38. The lowest BCUT2D eigenvalue weighted by molar-refractivity contribution is 0.0322. The highest BCUT2D eigenvalue weighted by Crippen LogP contribution is 2.19. The molecule has 1 aliphatic heterocycles. The molecule has 0 atom stereocenters. The maximum Gasteiger partial charge on any atom is 0.191 e. The second-order valence-corrected chi connectivity index (χ2v) is 5.76. The Balaban J connectivity index is 0.00000312. The van der Waals surface area contributed by atoms with Gasteiger partial charge in [0.05, 0.1) is 19.8 Å². The number of nitrogens with zero attached hydrogens (tertiary/aromatic N) is 3. The number of rotatable bonds is 8. The van der Waals surface area contributed by atoms with Crippen molar-refractivity contribution < 1.29 is 9.47 Å². The topological polar surface area (TPSA) is 63.3 Å². The number of morpholine rings is 1. The second kappa shape index (κ2) is 12.3. The largest absolute Gasteiger partial charge is 0.492 e. The van der Waals surface area contributed by atoms with Gasteiger partial charge in [0.2, 0.25) is 0 Å². The van der Waals surface area contributed by atoms with Crippen LogP contribution in [0.1, 0.15) is 19.4 Å². The van der Waals surface area contributed by atoms with Crippen LogP contribution in [0.4, 0.5) is 0 Å². The molecule has 0 unspecified atom stereocenters. The molecule has 1 saturated heterocycles. The number of benzene rings is 1. The van der Waals surface area contributed by atoms with Crippen molar-refractivity contribution in [3.8, 4) is 5.75 Å². The van der Waals surface area contributed by atoms with Gasteiger partial charge in [0, 0.05) is 38.3 Å². The summed E-state index contributed by atoms with van der Waals surface area (Å²) in [7, 11) is 0. The summed E-state index contributed by atoms with van der Waals surface area (Å²) < 4.78 is 11.3. The zero-order valence-electron chi connectivity index (χ0n) is 15.3. The van der Waals surface area contributed by atoms with Crippen LogP contribution in [0.25, 0.3) is 0 Å². The number of para-hydroxylation sites is 1. The summed E-state index contributed by atoms with van der Waals surface area (Å²) in [5.41, 5.74) is 7.12. The maximum atomic E-state index is 6.05. The van der Waals surface area contributed by atoms with E-state index in [2.05, 4.69) is 23.7 Å². The molecule has 0 bridgehead atoms. The number of hydrogen-bond donors (Lipinski definition) is 1. The van der Waals surface area contributed by atoms with Gasteiger partial charge in [-0.1, -0.05) is 18.2 Å². The fourth-order valence-corrected chi connectivity index (χ4v) is 2.70. The Labute approximate surface area is 168 Å². The van der Waals surface area contributed by atoms with Gasteiger partial charge in [0.25, 0.3) is 0 Å². The molecule has 142 valence electrons. The molecule has 0 radical (unpaired) electrons.